The van der Waals surface area contributed by atoms with E-state index in [4.69, 9.17) is 18.9 Å². The number of nitrogens with one attached hydrogen (secondary N) is 1. The van der Waals surface area contributed by atoms with Crippen LogP contribution in [0.4, 0.5) is 0 Å². The Morgan fingerprint density at radius 2 is 1.82 bits per heavy atom. The molecule has 22 heavy (non-hydrogen) atoms. The third-order valence-electron chi connectivity index (χ3n) is 4.72. The number of fused-ring (bicyclic) bond motifs is 1. The summed E-state index contributed by atoms with van der Waals surface area (Å²) in [5, 5.41) is 2.35. The van der Waals surface area contributed by atoms with Crippen molar-refractivity contribution in [1.82, 2.24) is 0 Å². The van der Waals surface area contributed by atoms with Gasteiger partial charge in [0.25, 0.3) is 0 Å². The van der Waals surface area contributed by atoms with E-state index in [1.165, 1.54) is 11.1 Å². The van der Waals surface area contributed by atoms with Crippen molar-refractivity contribution in [3.8, 4) is 17.2 Å². The van der Waals surface area contributed by atoms with Gasteiger partial charge in [0.2, 0.25) is 5.75 Å². The first-order valence-corrected chi connectivity index (χ1v) is 7.85. The molecule has 6 nitrogen and oxygen atoms in total. The van der Waals surface area contributed by atoms with E-state index in [1.807, 2.05) is 0 Å². The van der Waals surface area contributed by atoms with Crippen molar-refractivity contribution < 1.29 is 29.2 Å². The van der Waals surface area contributed by atoms with E-state index in [-0.39, 0.29) is 0 Å². The topological polar surface area (TPSA) is 58.0 Å². The average Bonchev–Trinajstić information content (AvgIpc) is 2.60. The van der Waals surface area contributed by atoms with Crippen molar-refractivity contribution in [3.05, 3.63) is 17.2 Å². The number of rotatable bonds is 4. The third kappa shape index (κ3) is 2.62. The van der Waals surface area contributed by atoms with Crippen molar-refractivity contribution in [3.63, 3.8) is 0 Å². The molecule has 2 aliphatic heterocycles. The van der Waals surface area contributed by atoms with Gasteiger partial charge in [-0.25, -0.2) is 0 Å². The predicted octanol–water partition coefficient (Wildman–Crippen LogP) is -1.25. The zero-order chi connectivity index (χ0) is 15.5. The number of morpholine rings is 1. The van der Waals surface area contributed by atoms with Gasteiger partial charge < -0.3 is 29.2 Å². The van der Waals surface area contributed by atoms with Crippen LogP contribution in [0.25, 0.3) is 0 Å². The molecule has 2 aliphatic rings. The molecule has 2 heterocycles. The summed E-state index contributed by atoms with van der Waals surface area (Å²) in [6.07, 6.45) is 0. The van der Waals surface area contributed by atoms with Crippen LogP contribution in [0.3, 0.4) is 0 Å². The molecule has 3 rings (SSSR count). The van der Waals surface area contributed by atoms with Gasteiger partial charge in [-0.1, -0.05) is 0 Å². The van der Waals surface area contributed by atoms with Crippen LogP contribution in [-0.4, -0.2) is 54.2 Å². The van der Waals surface area contributed by atoms with Crippen LogP contribution in [-0.2, 0) is 11.3 Å². The van der Waals surface area contributed by atoms with Crippen LogP contribution in [0.15, 0.2) is 6.07 Å². The van der Waals surface area contributed by atoms with E-state index in [9.17, 15) is 0 Å². The molecule has 0 radical (unpaired) electrons. The minimum absolute atomic E-state index is 0.446. The highest BCUT2D eigenvalue weighted by molar-refractivity contribution is 5.59. The first-order chi connectivity index (χ1) is 10.8. The molecule has 3 N–H and O–H groups in total. The van der Waals surface area contributed by atoms with E-state index in [1.54, 1.807) is 26.2 Å². The quantitative estimate of drug-likeness (QED) is 0.729. The third-order valence-corrected chi connectivity index (χ3v) is 4.72. The first kappa shape index (κ1) is 15.4. The maximum Gasteiger partial charge on any atom is 0.203 e. The maximum atomic E-state index is 5.65. The number of hydrogen-bond acceptors (Lipinski definition) is 4. The Balaban J connectivity index is 2.05. The largest absolute Gasteiger partial charge is 0.493 e. The Hall–Kier alpha value is -1.50. The standard InChI is InChI=1S/C16H24N2O4/c1-19-14-8-11-12(15(20-2)16(14)21-3)9-17-10-13(11)18-4-6-22-7-5-18/h8,13,17H,4-7,9-10H2,1-3H3/p+2/t13-/m0/s1. The molecule has 1 fully saturated rings. The van der Waals surface area contributed by atoms with Crippen LogP contribution in [0.5, 0.6) is 17.2 Å². The summed E-state index contributed by atoms with van der Waals surface area (Å²) in [4.78, 5) is 1.58. The summed E-state index contributed by atoms with van der Waals surface area (Å²) in [6, 6.07) is 2.58. The van der Waals surface area contributed by atoms with E-state index in [2.05, 4.69) is 11.4 Å². The monoisotopic (exact) mass is 310 g/mol. The molecule has 0 saturated carbocycles. The fourth-order valence-corrected chi connectivity index (χ4v) is 3.65. The highest BCUT2D eigenvalue weighted by Gasteiger charge is 2.36. The van der Waals surface area contributed by atoms with Crippen molar-refractivity contribution in [2.24, 2.45) is 0 Å². The van der Waals surface area contributed by atoms with Crippen LogP contribution < -0.4 is 24.4 Å². The highest BCUT2D eigenvalue weighted by atomic mass is 16.5. The van der Waals surface area contributed by atoms with Gasteiger partial charge >= 0.3 is 0 Å². The summed E-state index contributed by atoms with van der Waals surface area (Å²) in [6.45, 7) is 5.78. The number of benzene rings is 1. The first-order valence-electron chi connectivity index (χ1n) is 7.85. The SMILES string of the molecule is COc1cc2c(c(OC)c1OC)C[NH2+]C[C@@H]2[NH+]1CCOCC1. The van der Waals surface area contributed by atoms with Crippen molar-refractivity contribution >= 4 is 0 Å². The van der Waals surface area contributed by atoms with E-state index >= 15 is 0 Å². The lowest BCUT2D eigenvalue weighted by atomic mass is 9.93. The minimum atomic E-state index is 0.446. The summed E-state index contributed by atoms with van der Waals surface area (Å²) in [7, 11) is 5.03. The molecule has 122 valence electrons. The molecule has 0 bridgehead atoms. The molecule has 0 aromatic heterocycles. The molecule has 0 aliphatic carbocycles. The number of nitrogens with two attached hydrogens (primary N) is 1. The average molecular weight is 310 g/mol. The molecule has 0 unspecified atom stereocenters. The van der Waals surface area contributed by atoms with Crippen LogP contribution in [0.2, 0.25) is 0 Å². The Bertz CT molecular complexity index is 529. The second-order valence-electron chi connectivity index (χ2n) is 5.76. The van der Waals surface area contributed by atoms with Gasteiger partial charge in [-0.15, -0.1) is 0 Å². The van der Waals surface area contributed by atoms with E-state index in [0.29, 0.717) is 11.8 Å². The predicted molar refractivity (Wildman–Crippen MR) is 80.9 cm³/mol. The Morgan fingerprint density at radius 1 is 1.09 bits per heavy atom. The lowest BCUT2D eigenvalue weighted by Crippen LogP contribution is -3.17. The fourth-order valence-electron chi connectivity index (χ4n) is 3.65. The van der Waals surface area contributed by atoms with Gasteiger partial charge in [0, 0.05) is 5.56 Å². The van der Waals surface area contributed by atoms with Crippen molar-refractivity contribution in [1.29, 1.82) is 0 Å². The lowest BCUT2D eigenvalue weighted by molar-refractivity contribution is -0.954. The van der Waals surface area contributed by atoms with Gasteiger partial charge in [-0.05, 0) is 6.07 Å². The maximum absolute atomic E-state index is 5.65. The summed E-state index contributed by atoms with van der Waals surface area (Å²) >= 11 is 0. The number of quaternary nitrogens is 2. The number of hydrogen-bond donors (Lipinski definition) is 2. The van der Waals surface area contributed by atoms with Gasteiger partial charge in [-0.3, -0.25) is 0 Å². The molecule has 1 saturated heterocycles. The Labute approximate surface area is 131 Å². The zero-order valence-corrected chi connectivity index (χ0v) is 13.6. The van der Waals surface area contributed by atoms with E-state index in [0.717, 1.165) is 50.9 Å². The molecule has 1 atom stereocenters. The molecular formula is C16H26N2O4+2. The highest BCUT2D eigenvalue weighted by Crippen LogP contribution is 2.43. The van der Waals surface area contributed by atoms with Crippen LogP contribution >= 0.6 is 0 Å². The lowest BCUT2D eigenvalue weighted by Gasteiger charge is -2.34. The number of methoxy groups -OCH3 is 3. The molecule has 6 heteroatoms. The minimum Gasteiger partial charge on any atom is -0.493 e. The van der Waals surface area contributed by atoms with Crippen LogP contribution in [0, 0.1) is 0 Å². The van der Waals surface area contributed by atoms with E-state index < -0.39 is 0 Å². The second kappa shape index (κ2) is 6.73. The summed E-state index contributed by atoms with van der Waals surface area (Å²) in [5.41, 5.74) is 2.56. The van der Waals surface area contributed by atoms with Gasteiger partial charge in [-0.2, -0.15) is 0 Å². The molecule has 0 amide bonds. The second-order valence-corrected chi connectivity index (χ2v) is 5.76. The van der Waals surface area contributed by atoms with Crippen molar-refractivity contribution in [2.75, 3.05) is 54.2 Å². The van der Waals surface area contributed by atoms with Crippen molar-refractivity contribution in [2.45, 2.75) is 12.6 Å². The smallest absolute Gasteiger partial charge is 0.203 e. The van der Waals surface area contributed by atoms with Gasteiger partial charge in [0.05, 0.1) is 40.1 Å². The molecule has 1 aromatic rings. The zero-order valence-electron chi connectivity index (χ0n) is 13.6. The van der Waals surface area contributed by atoms with Crippen LogP contribution in [0.1, 0.15) is 17.2 Å². The number of ether oxygens (including phenoxy) is 4. The fraction of sp³-hybridized carbons (Fsp3) is 0.625. The summed E-state index contributed by atoms with van der Waals surface area (Å²) < 4.78 is 22.2. The Morgan fingerprint density at radius 3 is 2.45 bits per heavy atom. The Kier molecular flexibility index (Phi) is 4.71. The van der Waals surface area contributed by atoms with Gasteiger partial charge in [0.15, 0.2) is 17.5 Å². The molecule has 0 spiro atoms. The summed E-state index contributed by atoms with van der Waals surface area (Å²) in [5.74, 6) is 2.25. The molecular weight excluding hydrogens is 284 g/mol. The van der Waals surface area contributed by atoms with Gasteiger partial charge in [0.1, 0.15) is 26.2 Å². The normalized spacial score (nSPS) is 22.0. The molecule has 1 aromatic carbocycles.